The molecule has 8 heteroatoms. The summed E-state index contributed by atoms with van der Waals surface area (Å²) in [6.07, 6.45) is 3.48. The molecule has 1 aromatic carbocycles. The first-order valence-electron chi connectivity index (χ1n) is 12.2. The minimum Gasteiger partial charge on any atom is -0.370 e. The first kappa shape index (κ1) is 26.2. The number of benzene rings is 1. The van der Waals surface area contributed by atoms with Crippen LogP contribution in [0.15, 0.2) is 23.2 Å². The first-order valence-corrected chi connectivity index (χ1v) is 12.2. The number of guanidine groups is 1. The molecule has 4 rings (SSSR count). The second-order valence-corrected chi connectivity index (χ2v) is 9.43. The molecule has 2 aliphatic heterocycles. The summed E-state index contributed by atoms with van der Waals surface area (Å²) in [4.78, 5) is 23.8. The molecule has 0 radical (unpaired) electrons. The molecule has 0 spiro atoms. The van der Waals surface area contributed by atoms with Gasteiger partial charge < -0.3 is 19.9 Å². The second kappa shape index (κ2) is 12.4. The summed E-state index contributed by atoms with van der Waals surface area (Å²) in [7, 11) is 1.86. The summed E-state index contributed by atoms with van der Waals surface area (Å²) in [5, 5.41) is 3.55. The van der Waals surface area contributed by atoms with Crippen LogP contribution in [-0.4, -0.2) is 92.6 Å². The van der Waals surface area contributed by atoms with E-state index in [4.69, 9.17) is 4.74 Å². The van der Waals surface area contributed by atoms with Crippen LogP contribution in [0.25, 0.3) is 0 Å². The molecule has 0 aromatic heterocycles. The van der Waals surface area contributed by atoms with Gasteiger partial charge >= 0.3 is 0 Å². The molecule has 1 amide bonds. The minimum atomic E-state index is 0. The van der Waals surface area contributed by atoms with Gasteiger partial charge in [-0.15, -0.1) is 24.0 Å². The van der Waals surface area contributed by atoms with Crippen molar-refractivity contribution in [1.29, 1.82) is 0 Å². The van der Waals surface area contributed by atoms with E-state index in [0.717, 1.165) is 71.2 Å². The Labute approximate surface area is 215 Å². The maximum atomic E-state index is 12.4. The van der Waals surface area contributed by atoms with E-state index < -0.39 is 0 Å². The summed E-state index contributed by atoms with van der Waals surface area (Å²) in [5.41, 5.74) is 3.84. The number of carbonyl (C=O) groups is 1. The second-order valence-electron chi connectivity index (χ2n) is 9.43. The number of piperazine rings is 1. The number of aliphatic imine (C=N–C) groups is 1. The van der Waals surface area contributed by atoms with Crippen molar-refractivity contribution in [2.75, 3.05) is 66.0 Å². The number of nitrogens with one attached hydrogen (secondary N) is 1. The highest BCUT2D eigenvalue weighted by Gasteiger charge is 2.31. The van der Waals surface area contributed by atoms with Gasteiger partial charge in [0.2, 0.25) is 5.91 Å². The molecule has 2 heterocycles. The van der Waals surface area contributed by atoms with E-state index in [1.807, 2.05) is 7.05 Å². The van der Waals surface area contributed by atoms with E-state index in [9.17, 15) is 4.79 Å². The summed E-state index contributed by atoms with van der Waals surface area (Å²) in [5.74, 6) is 1.65. The van der Waals surface area contributed by atoms with Crippen LogP contribution in [0.4, 0.5) is 0 Å². The Morgan fingerprint density at radius 2 is 1.88 bits per heavy atom. The molecule has 0 bridgehead atoms. The predicted octanol–water partition coefficient (Wildman–Crippen LogP) is 2.81. The molecule has 1 saturated carbocycles. The molecule has 2 saturated heterocycles. The lowest BCUT2D eigenvalue weighted by atomic mass is 9.84. The Balaban J connectivity index is 0.00000306. The van der Waals surface area contributed by atoms with E-state index in [1.54, 1.807) is 0 Å². The zero-order valence-electron chi connectivity index (χ0n) is 20.4. The largest absolute Gasteiger partial charge is 0.370 e. The van der Waals surface area contributed by atoms with E-state index in [1.165, 1.54) is 23.1 Å². The van der Waals surface area contributed by atoms with Crippen LogP contribution in [0, 0.1) is 19.8 Å². The Morgan fingerprint density at radius 1 is 1.12 bits per heavy atom. The first-order chi connectivity index (χ1) is 15.5. The lowest BCUT2D eigenvalue weighted by Crippen LogP contribution is -2.53. The highest BCUT2D eigenvalue weighted by molar-refractivity contribution is 14.0. The van der Waals surface area contributed by atoms with E-state index in [2.05, 4.69) is 57.1 Å². The van der Waals surface area contributed by atoms with Crippen molar-refractivity contribution in [3.05, 3.63) is 34.9 Å². The Hall–Kier alpha value is -1.39. The molecule has 3 fully saturated rings. The molecule has 1 N–H and O–H groups in total. The lowest BCUT2D eigenvalue weighted by molar-refractivity contribution is -0.139. The number of ether oxygens (including phenoxy) is 1. The zero-order chi connectivity index (χ0) is 22.5. The third-order valence-corrected chi connectivity index (χ3v) is 7.20. The molecular weight excluding hydrogens is 529 g/mol. The summed E-state index contributed by atoms with van der Waals surface area (Å²) in [6.45, 7) is 12.1. The number of hydrogen-bond acceptors (Lipinski definition) is 4. The van der Waals surface area contributed by atoms with Crippen molar-refractivity contribution in [3.63, 3.8) is 0 Å². The molecule has 1 aliphatic carbocycles. The van der Waals surface area contributed by atoms with Gasteiger partial charge in [-0.25, -0.2) is 0 Å². The summed E-state index contributed by atoms with van der Waals surface area (Å²) >= 11 is 0. The fourth-order valence-corrected chi connectivity index (χ4v) is 4.98. The van der Waals surface area contributed by atoms with Crippen LogP contribution < -0.4 is 5.32 Å². The monoisotopic (exact) mass is 569 g/mol. The van der Waals surface area contributed by atoms with E-state index >= 15 is 0 Å². The maximum Gasteiger partial charge on any atom is 0.225 e. The molecule has 33 heavy (non-hydrogen) atoms. The molecule has 1 atom stereocenters. The third kappa shape index (κ3) is 6.60. The van der Waals surface area contributed by atoms with Gasteiger partial charge in [0.25, 0.3) is 0 Å². The average molecular weight is 570 g/mol. The Bertz CT molecular complexity index is 821. The van der Waals surface area contributed by atoms with Gasteiger partial charge in [-0.1, -0.05) is 30.2 Å². The maximum absolute atomic E-state index is 12.4. The van der Waals surface area contributed by atoms with Crippen molar-refractivity contribution < 1.29 is 9.53 Å². The predicted molar refractivity (Wildman–Crippen MR) is 143 cm³/mol. The van der Waals surface area contributed by atoms with Crippen LogP contribution in [0.3, 0.4) is 0 Å². The van der Waals surface area contributed by atoms with Crippen molar-refractivity contribution in [2.24, 2.45) is 10.9 Å². The molecule has 1 unspecified atom stereocenters. The van der Waals surface area contributed by atoms with Gasteiger partial charge in [-0.2, -0.15) is 0 Å². The lowest BCUT2D eigenvalue weighted by Gasteiger charge is -2.38. The molecule has 7 nitrogen and oxygen atoms in total. The molecule has 1 aromatic rings. The molecule has 3 aliphatic rings. The summed E-state index contributed by atoms with van der Waals surface area (Å²) in [6, 6.07) is 6.59. The fraction of sp³-hybridized carbons (Fsp3) is 0.680. The Morgan fingerprint density at radius 3 is 2.52 bits per heavy atom. The van der Waals surface area contributed by atoms with E-state index in [0.29, 0.717) is 18.4 Å². The standard InChI is InChI=1S/C25H39N5O2.HI/c1-19-7-8-22(20(2)17-19)23-18-30(15-16-32-23)25(26-3)27-9-10-28-11-13-29(14-12-28)24(31)21-5-4-6-21;/h7-8,17,21,23H,4-6,9-16,18H2,1-3H3,(H,26,27);1H. The number of morpholine rings is 1. The highest BCUT2D eigenvalue weighted by atomic mass is 127. The number of nitrogens with zero attached hydrogens (tertiary/aromatic N) is 4. The van der Waals surface area contributed by atoms with E-state index in [-0.39, 0.29) is 30.1 Å². The third-order valence-electron chi connectivity index (χ3n) is 7.20. The minimum absolute atomic E-state index is 0. The molecular formula is C25H40IN5O2. The number of aryl methyl sites for hydroxylation is 2. The smallest absolute Gasteiger partial charge is 0.225 e. The molecule has 184 valence electrons. The number of hydrogen-bond donors (Lipinski definition) is 1. The van der Waals surface area contributed by atoms with Crippen LogP contribution >= 0.6 is 24.0 Å². The van der Waals surface area contributed by atoms with Crippen LogP contribution in [0.1, 0.15) is 42.1 Å². The van der Waals surface area contributed by atoms with Crippen LogP contribution in [0.2, 0.25) is 0 Å². The highest BCUT2D eigenvalue weighted by Crippen LogP contribution is 2.28. The van der Waals surface area contributed by atoms with Gasteiger partial charge in [-0.05, 0) is 37.8 Å². The number of carbonyl (C=O) groups excluding carboxylic acids is 1. The van der Waals surface area contributed by atoms with Gasteiger partial charge in [-0.3, -0.25) is 14.7 Å². The quantitative estimate of drug-likeness (QED) is 0.336. The zero-order valence-corrected chi connectivity index (χ0v) is 22.7. The number of rotatable bonds is 5. The van der Waals surface area contributed by atoms with Crippen molar-refractivity contribution in [2.45, 2.75) is 39.2 Å². The summed E-state index contributed by atoms with van der Waals surface area (Å²) < 4.78 is 6.10. The van der Waals surface area contributed by atoms with Crippen LogP contribution in [-0.2, 0) is 9.53 Å². The van der Waals surface area contributed by atoms with Gasteiger partial charge in [0.15, 0.2) is 5.96 Å². The fourth-order valence-electron chi connectivity index (χ4n) is 4.98. The van der Waals surface area contributed by atoms with Gasteiger partial charge in [0.1, 0.15) is 6.10 Å². The van der Waals surface area contributed by atoms with Crippen molar-refractivity contribution in [3.8, 4) is 0 Å². The van der Waals surface area contributed by atoms with Gasteiger partial charge in [0.05, 0.1) is 13.2 Å². The number of amides is 1. The van der Waals surface area contributed by atoms with Crippen LogP contribution in [0.5, 0.6) is 0 Å². The number of halogens is 1. The average Bonchev–Trinajstić information content (AvgIpc) is 2.76. The topological polar surface area (TPSA) is 60.4 Å². The SMILES string of the molecule is CN=C(NCCN1CCN(C(=O)C2CCC2)CC1)N1CCOC(c2ccc(C)cc2C)C1.I. The van der Waals surface area contributed by atoms with Crippen molar-refractivity contribution >= 4 is 35.8 Å². The normalized spacial score (nSPS) is 22.5. The van der Waals surface area contributed by atoms with Crippen molar-refractivity contribution in [1.82, 2.24) is 20.0 Å². The van der Waals surface area contributed by atoms with Gasteiger partial charge in [0, 0.05) is 58.8 Å². The Kier molecular flexibility index (Phi) is 9.81.